The Hall–Kier alpha value is -4.20. The highest BCUT2D eigenvalue weighted by Gasteiger charge is 2.45. The summed E-state index contributed by atoms with van der Waals surface area (Å²) in [5.74, 6) is 1.64. The summed E-state index contributed by atoms with van der Waals surface area (Å²) in [5, 5.41) is 7.07. The molecule has 2 atom stereocenters. The quantitative estimate of drug-likeness (QED) is 0.420. The number of benzene rings is 1. The van der Waals surface area contributed by atoms with Crippen molar-refractivity contribution in [1.82, 2.24) is 15.0 Å². The van der Waals surface area contributed by atoms with E-state index in [2.05, 4.69) is 9.97 Å². The van der Waals surface area contributed by atoms with E-state index in [0.717, 1.165) is 47.2 Å². The zero-order valence-electron chi connectivity index (χ0n) is 18.3. The SMILES string of the molecule is O=C(COc1ncnc2ccccc12)N1N=C2/C(=C\c3ccco3)CCCC2C1c1ccco1. The van der Waals surface area contributed by atoms with E-state index in [0.29, 0.717) is 11.6 Å². The fourth-order valence-corrected chi connectivity index (χ4v) is 4.78. The molecule has 8 heteroatoms. The maximum Gasteiger partial charge on any atom is 0.281 e. The number of rotatable bonds is 5. The number of amides is 1. The van der Waals surface area contributed by atoms with Crippen LogP contribution in [0.3, 0.4) is 0 Å². The molecule has 0 bridgehead atoms. The first-order chi connectivity index (χ1) is 16.8. The highest BCUT2D eigenvalue weighted by atomic mass is 16.5. The molecule has 1 aliphatic heterocycles. The third-order valence-electron chi connectivity index (χ3n) is 6.29. The number of carbonyl (C=O) groups is 1. The summed E-state index contributed by atoms with van der Waals surface area (Å²) in [5.41, 5.74) is 2.75. The molecule has 1 saturated carbocycles. The van der Waals surface area contributed by atoms with Gasteiger partial charge in [-0.05, 0) is 67.3 Å². The van der Waals surface area contributed by atoms with Crippen molar-refractivity contribution >= 4 is 28.6 Å². The number of fused-ring (bicyclic) bond motifs is 2. The maximum atomic E-state index is 13.4. The second kappa shape index (κ2) is 8.62. The van der Waals surface area contributed by atoms with Crippen LogP contribution in [0.25, 0.3) is 17.0 Å². The molecule has 0 radical (unpaired) electrons. The highest BCUT2D eigenvalue weighted by Crippen LogP contribution is 2.44. The third kappa shape index (κ3) is 3.67. The van der Waals surface area contributed by atoms with Gasteiger partial charge in [0.1, 0.15) is 23.9 Å². The predicted octanol–water partition coefficient (Wildman–Crippen LogP) is 5.02. The molecule has 0 spiro atoms. The van der Waals surface area contributed by atoms with E-state index in [4.69, 9.17) is 18.7 Å². The summed E-state index contributed by atoms with van der Waals surface area (Å²) < 4.78 is 17.1. The van der Waals surface area contributed by atoms with Crippen molar-refractivity contribution in [3.05, 3.63) is 84.5 Å². The summed E-state index contributed by atoms with van der Waals surface area (Å²) in [6, 6.07) is 14.7. The first-order valence-corrected chi connectivity index (χ1v) is 11.3. The molecule has 4 aromatic rings. The predicted molar refractivity (Wildman–Crippen MR) is 125 cm³/mol. The van der Waals surface area contributed by atoms with Gasteiger partial charge in [0.25, 0.3) is 5.91 Å². The smallest absolute Gasteiger partial charge is 0.281 e. The fourth-order valence-electron chi connectivity index (χ4n) is 4.78. The number of aromatic nitrogens is 2. The van der Waals surface area contributed by atoms with Crippen LogP contribution >= 0.6 is 0 Å². The molecule has 0 saturated heterocycles. The van der Waals surface area contributed by atoms with Crippen molar-refractivity contribution in [2.24, 2.45) is 11.0 Å². The topological polar surface area (TPSA) is 94.0 Å². The van der Waals surface area contributed by atoms with Crippen molar-refractivity contribution in [2.45, 2.75) is 25.3 Å². The van der Waals surface area contributed by atoms with Crippen molar-refractivity contribution in [3.63, 3.8) is 0 Å². The van der Waals surface area contributed by atoms with Gasteiger partial charge in [0.05, 0.1) is 29.1 Å². The van der Waals surface area contributed by atoms with Crippen LogP contribution in [0.1, 0.15) is 36.8 Å². The van der Waals surface area contributed by atoms with E-state index in [1.807, 2.05) is 54.6 Å². The Kier molecular flexibility index (Phi) is 5.18. The Bertz CT molecular complexity index is 1370. The van der Waals surface area contributed by atoms with Crippen molar-refractivity contribution in [3.8, 4) is 5.88 Å². The van der Waals surface area contributed by atoms with Crippen LogP contribution in [0, 0.1) is 5.92 Å². The van der Waals surface area contributed by atoms with E-state index in [9.17, 15) is 4.79 Å². The molecule has 6 rings (SSSR count). The Morgan fingerprint density at radius 2 is 1.97 bits per heavy atom. The largest absolute Gasteiger partial charge is 0.467 e. The van der Waals surface area contributed by atoms with E-state index in [1.54, 1.807) is 12.5 Å². The van der Waals surface area contributed by atoms with Gasteiger partial charge in [0, 0.05) is 5.92 Å². The van der Waals surface area contributed by atoms with Crippen LogP contribution in [0.4, 0.5) is 0 Å². The van der Waals surface area contributed by atoms with Gasteiger partial charge in [-0.1, -0.05) is 12.1 Å². The molecule has 4 heterocycles. The minimum Gasteiger partial charge on any atom is -0.467 e. The monoisotopic (exact) mass is 454 g/mol. The fraction of sp³-hybridized carbons (Fsp3) is 0.231. The van der Waals surface area contributed by atoms with Crippen molar-refractivity contribution in [1.29, 1.82) is 0 Å². The number of para-hydroxylation sites is 1. The summed E-state index contributed by atoms with van der Waals surface area (Å²) in [6.07, 6.45) is 9.53. The molecule has 170 valence electrons. The van der Waals surface area contributed by atoms with Gasteiger partial charge in [-0.2, -0.15) is 5.10 Å². The van der Waals surface area contributed by atoms with Crippen molar-refractivity contribution in [2.75, 3.05) is 6.61 Å². The molecule has 0 N–H and O–H groups in total. The second-order valence-corrected chi connectivity index (χ2v) is 8.35. The Labute approximate surface area is 195 Å². The Morgan fingerprint density at radius 3 is 2.82 bits per heavy atom. The van der Waals surface area contributed by atoms with Gasteiger partial charge in [-0.3, -0.25) is 4.79 Å². The van der Waals surface area contributed by atoms with E-state index in [1.165, 1.54) is 11.3 Å². The van der Waals surface area contributed by atoms with E-state index >= 15 is 0 Å². The average Bonchev–Trinajstić information content (AvgIpc) is 3.63. The van der Waals surface area contributed by atoms with Gasteiger partial charge < -0.3 is 13.6 Å². The molecular weight excluding hydrogens is 432 g/mol. The van der Waals surface area contributed by atoms with Crippen LogP contribution < -0.4 is 4.74 Å². The number of ether oxygens (including phenoxy) is 1. The Morgan fingerprint density at radius 1 is 1.09 bits per heavy atom. The lowest BCUT2D eigenvalue weighted by Crippen LogP contribution is -2.34. The summed E-state index contributed by atoms with van der Waals surface area (Å²) in [6.45, 7) is -0.195. The van der Waals surface area contributed by atoms with E-state index in [-0.39, 0.29) is 24.5 Å². The number of allylic oxidation sites excluding steroid dienone is 1. The van der Waals surface area contributed by atoms with Crippen LogP contribution in [0.15, 0.2) is 86.9 Å². The Balaban J connectivity index is 1.30. The molecule has 1 aromatic carbocycles. The zero-order valence-corrected chi connectivity index (χ0v) is 18.3. The summed E-state index contributed by atoms with van der Waals surface area (Å²) >= 11 is 0. The average molecular weight is 454 g/mol. The molecule has 1 aliphatic carbocycles. The normalized spacial score (nSPS) is 21.0. The maximum absolute atomic E-state index is 13.4. The highest BCUT2D eigenvalue weighted by molar-refractivity contribution is 6.08. The molecule has 3 aromatic heterocycles. The van der Waals surface area contributed by atoms with Crippen LogP contribution in [-0.2, 0) is 4.79 Å². The number of hydrogen-bond donors (Lipinski definition) is 0. The zero-order chi connectivity index (χ0) is 22.9. The molecule has 2 unspecified atom stereocenters. The van der Waals surface area contributed by atoms with Crippen LogP contribution in [0.5, 0.6) is 5.88 Å². The lowest BCUT2D eigenvalue weighted by molar-refractivity contribution is -0.136. The van der Waals surface area contributed by atoms with Gasteiger partial charge >= 0.3 is 0 Å². The van der Waals surface area contributed by atoms with Crippen LogP contribution in [-0.4, -0.2) is 33.2 Å². The number of furan rings is 2. The molecule has 2 aliphatic rings. The van der Waals surface area contributed by atoms with E-state index < -0.39 is 0 Å². The number of nitrogens with zero attached hydrogens (tertiary/aromatic N) is 4. The molecular formula is C26H22N4O4. The standard InChI is InChI=1S/C26H22N4O4/c31-23(15-34-26-19-8-1-2-10-21(19)27-16-28-26)30-25(22-11-5-13-33-22)20-9-3-6-17(24(20)29-30)14-18-7-4-12-32-18/h1-2,4-5,7-8,10-14,16,20,25H,3,6,9,15H2/b17-14-. The molecule has 1 fully saturated rings. The summed E-state index contributed by atoms with van der Waals surface area (Å²) in [4.78, 5) is 21.9. The first-order valence-electron chi connectivity index (χ1n) is 11.3. The van der Waals surface area contributed by atoms with Gasteiger partial charge in [0.15, 0.2) is 6.61 Å². The minimum atomic E-state index is -0.316. The molecule has 1 amide bonds. The number of hydrazone groups is 1. The van der Waals surface area contributed by atoms with Crippen LogP contribution in [0.2, 0.25) is 0 Å². The first kappa shape index (κ1) is 20.4. The minimum absolute atomic E-state index is 0.0462. The number of hydrogen-bond acceptors (Lipinski definition) is 7. The molecule has 34 heavy (non-hydrogen) atoms. The lowest BCUT2D eigenvalue weighted by Gasteiger charge is -2.27. The van der Waals surface area contributed by atoms with Gasteiger partial charge in [0.2, 0.25) is 5.88 Å². The number of carbonyl (C=O) groups excluding carboxylic acids is 1. The lowest BCUT2D eigenvalue weighted by atomic mass is 9.79. The van der Waals surface area contributed by atoms with Crippen molar-refractivity contribution < 1.29 is 18.4 Å². The van der Waals surface area contributed by atoms with Gasteiger partial charge in [-0.25, -0.2) is 15.0 Å². The third-order valence-corrected chi connectivity index (χ3v) is 6.29. The van der Waals surface area contributed by atoms with Gasteiger partial charge in [-0.15, -0.1) is 0 Å². The molecule has 8 nitrogen and oxygen atoms in total. The summed E-state index contributed by atoms with van der Waals surface area (Å²) in [7, 11) is 0. The second-order valence-electron chi connectivity index (χ2n) is 8.35.